The van der Waals surface area contributed by atoms with Gasteiger partial charge in [0.05, 0.1) is 6.61 Å². The fourth-order valence-electron chi connectivity index (χ4n) is 1.38. The number of benzene rings is 1. The van der Waals surface area contributed by atoms with Crippen molar-refractivity contribution < 1.29 is 19.8 Å². The summed E-state index contributed by atoms with van der Waals surface area (Å²) in [5, 5.41) is 22.1. The molecule has 1 rings (SSSR count). The standard InChI is InChI=1S/C12H16N2O4/c1-2-8-4-3-5-9(6-8)13-12(18)14-10(7-15)11(16)17/h3-6,10,15H,2,7H2,1H3,(H,16,17)(H2,13,14,18)/t10-/m0/s1. The molecule has 6 nitrogen and oxygen atoms in total. The van der Waals surface area contributed by atoms with Crippen molar-refractivity contribution in [3.63, 3.8) is 0 Å². The first-order valence-corrected chi connectivity index (χ1v) is 5.57. The van der Waals surface area contributed by atoms with Gasteiger partial charge < -0.3 is 20.8 Å². The van der Waals surface area contributed by atoms with Gasteiger partial charge in [0, 0.05) is 5.69 Å². The van der Waals surface area contributed by atoms with Gasteiger partial charge in [-0.15, -0.1) is 0 Å². The molecule has 2 amide bonds. The SMILES string of the molecule is CCc1cccc(NC(=O)N[C@@H](CO)C(=O)O)c1. The van der Waals surface area contributed by atoms with Crippen LogP contribution in [0.2, 0.25) is 0 Å². The third kappa shape index (κ3) is 4.06. The lowest BCUT2D eigenvalue weighted by molar-refractivity contribution is -0.140. The average molecular weight is 252 g/mol. The molecule has 0 fully saturated rings. The zero-order valence-corrected chi connectivity index (χ0v) is 10.0. The van der Waals surface area contributed by atoms with Crippen LogP contribution in [0.4, 0.5) is 10.5 Å². The minimum atomic E-state index is -1.31. The summed E-state index contributed by atoms with van der Waals surface area (Å²) in [5.74, 6) is -1.28. The van der Waals surface area contributed by atoms with Crippen molar-refractivity contribution in [2.24, 2.45) is 0 Å². The van der Waals surface area contributed by atoms with Crippen LogP contribution in [0.25, 0.3) is 0 Å². The van der Waals surface area contributed by atoms with Crippen molar-refractivity contribution in [3.05, 3.63) is 29.8 Å². The predicted molar refractivity (Wildman–Crippen MR) is 66.5 cm³/mol. The second-order valence-electron chi connectivity index (χ2n) is 3.73. The van der Waals surface area contributed by atoms with Crippen LogP contribution in [0.1, 0.15) is 12.5 Å². The van der Waals surface area contributed by atoms with E-state index in [-0.39, 0.29) is 0 Å². The van der Waals surface area contributed by atoms with Crippen molar-refractivity contribution in [1.82, 2.24) is 5.32 Å². The van der Waals surface area contributed by atoms with Crippen LogP contribution in [0.15, 0.2) is 24.3 Å². The van der Waals surface area contributed by atoms with Crippen LogP contribution in [-0.4, -0.2) is 34.9 Å². The number of carbonyl (C=O) groups is 2. The lowest BCUT2D eigenvalue weighted by Gasteiger charge is -2.13. The van der Waals surface area contributed by atoms with Crippen LogP contribution in [0, 0.1) is 0 Å². The molecule has 0 aliphatic heterocycles. The highest BCUT2D eigenvalue weighted by Gasteiger charge is 2.18. The van der Waals surface area contributed by atoms with Gasteiger partial charge in [0.2, 0.25) is 0 Å². The fraction of sp³-hybridized carbons (Fsp3) is 0.333. The van der Waals surface area contributed by atoms with E-state index in [2.05, 4.69) is 10.6 Å². The lowest BCUT2D eigenvalue weighted by atomic mass is 10.1. The highest BCUT2D eigenvalue weighted by atomic mass is 16.4. The third-order valence-corrected chi connectivity index (χ3v) is 2.38. The smallest absolute Gasteiger partial charge is 0.328 e. The van der Waals surface area contributed by atoms with Gasteiger partial charge in [0.1, 0.15) is 0 Å². The molecule has 1 aromatic carbocycles. The Bertz CT molecular complexity index is 434. The zero-order valence-electron chi connectivity index (χ0n) is 10.0. The van der Waals surface area contributed by atoms with Gasteiger partial charge in [-0.05, 0) is 24.1 Å². The number of rotatable bonds is 5. The molecule has 0 aliphatic carbocycles. The molecule has 98 valence electrons. The number of carboxylic acid groups (broad SMARTS) is 1. The van der Waals surface area contributed by atoms with E-state index in [1.54, 1.807) is 18.2 Å². The maximum absolute atomic E-state index is 11.5. The number of hydrogen-bond acceptors (Lipinski definition) is 3. The van der Waals surface area contributed by atoms with Crippen LogP contribution in [0.5, 0.6) is 0 Å². The molecular formula is C12H16N2O4. The Morgan fingerprint density at radius 1 is 1.39 bits per heavy atom. The third-order valence-electron chi connectivity index (χ3n) is 2.38. The highest BCUT2D eigenvalue weighted by Crippen LogP contribution is 2.10. The van der Waals surface area contributed by atoms with E-state index in [9.17, 15) is 9.59 Å². The number of aliphatic hydroxyl groups is 1. The van der Waals surface area contributed by atoms with E-state index in [0.717, 1.165) is 12.0 Å². The van der Waals surface area contributed by atoms with Crippen molar-refractivity contribution in [3.8, 4) is 0 Å². The number of carboxylic acids is 1. The van der Waals surface area contributed by atoms with E-state index in [4.69, 9.17) is 10.2 Å². The number of nitrogens with one attached hydrogen (secondary N) is 2. The molecular weight excluding hydrogens is 236 g/mol. The Kier molecular flexibility index (Phi) is 5.13. The Balaban J connectivity index is 2.61. The van der Waals surface area contributed by atoms with Gasteiger partial charge >= 0.3 is 12.0 Å². The maximum Gasteiger partial charge on any atom is 0.328 e. The van der Waals surface area contributed by atoms with Crippen LogP contribution < -0.4 is 10.6 Å². The second kappa shape index (κ2) is 6.61. The molecule has 0 radical (unpaired) electrons. The normalized spacial score (nSPS) is 11.7. The second-order valence-corrected chi connectivity index (χ2v) is 3.73. The van der Waals surface area contributed by atoms with Crippen molar-refractivity contribution in [2.45, 2.75) is 19.4 Å². The summed E-state index contributed by atoms with van der Waals surface area (Å²) in [5.41, 5.74) is 1.64. The van der Waals surface area contributed by atoms with Crippen LogP contribution >= 0.6 is 0 Å². The molecule has 0 bridgehead atoms. The van der Waals surface area contributed by atoms with Gasteiger partial charge in [0.15, 0.2) is 6.04 Å². The summed E-state index contributed by atoms with van der Waals surface area (Å²) < 4.78 is 0. The predicted octanol–water partition coefficient (Wildman–Crippen LogP) is 0.816. The summed E-state index contributed by atoms with van der Waals surface area (Å²) in [6, 6.07) is 5.26. The molecule has 0 saturated carbocycles. The minimum Gasteiger partial charge on any atom is -0.480 e. The summed E-state index contributed by atoms with van der Waals surface area (Å²) in [7, 11) is 0. The largest absolute Gasteiger partial charge is 0.480 e. The highest BCUT2D eigenvalue weighted by molar-refractivity contribution is 5.92. The molecule has 0 unspecified atom stereocenters. The molecule has 0 aromatic heterocycles. The molecule has 4 N–H and O–H groups in total. The summed E-state index contributed by atoms with van der Waals surface area (Å²) in [6.45, 7) is 1.34. The van der Waals surface area contributed by atoms with E-state index < -0.39 is 24.6 Å². The molecule has 18 heavy (non-hydrogen) atoms. The number of amides is 2. The molecule has 1 atom stereocenters. The Labute approximate surface area is 105 Å². The summed E-state index contributed by atoms with van der Waals surface area (Å²) in [6.07, 6.45) is 0.839. The van der Waals surface area contributed by atoms with Gasteiger partial charge in [-0.1, -0.05) is 19.1 Å². The quantitative estimate of drug-likeness (QED) is 0.623. The molecule has 6 heteroatoms. The Hall–Kier alpha value is -2.08. The molecule has 1 aromatic rings. The number of aliphatic carboxylic acids is 1. The monoisotopic (exact) mass is 252 g/mol. The van der Waals surface area contributed by atoms with Gasteiger partial charge in [0.25, 0.3) is 0 Å². The first-order valence-electron chi connectivity index (χ1n) is 5.57. The van der Waals surface area contributed by atoms with E-state index in [0.29, 0.717) is 5.69 Å². The summed E-state index contributed by atoms with van der Waals surface area (Å²) in [4.78, 5) is 22.1. The van der Waals surface area contributed by atoms with Crippen molar-refractivity contribution in [1.29, 1.82) is 0 Å². The van der Waals surface area contributed by atoms with Crippen molar-refractivity contribution in [2.75, 3.05) is 11.9 Å². The minimum absolute atomic E-state index is 0.578. The van der Waals surface area contributed by atoms with Crippen LogP contribution in [-0.2, 0) is 11.2 Å². The van der Waals surface area contributed by atoms with E-state index in [1.165, 1.54) is 0 Å². The van der Waals surface area contributed by atoms with E-state index in [1.807, 2.05) is 13.0 Å². The maximum atomic E-state index is 11.5. The van der Waals surface area contributed by atoms with Gasteiger partial charge in [-0.2, -0.15) is 0 Å². The lowest BCUT2D eigenvalue weighted by Crippen LogP contribution is -2.45. The zero-order chi connectivity index (χ0) is 13.5. The number of anilines is 1. The molecule has 0 heterocycles. The number of hydrogen-bond donors (Lipinski definition) is 4. The number of urea groups is 1. The van der Waals surface area contributed by atoms with Gasteiger partial charge in [-0.3, -0.25) is 0 Å². The number of aryl methyl sites for hydroxylation is 1. The molecule has 0 saturated heterocycles. The fourth-order valence-corrected chi connectivity index (χ4v) is 1.38. The van der Waals surface area contributed by atoms with Crippen molar-refractivity contribution >= 4 is 17.7 Å². The van der Waals surface area contributed by atoms with Gasteiger partial charge in [-0.25, -0.2) is 9.59 Å². The number of aliphatic hydroxyl groups excluding tert-OH is 1. The Morgan fingerprint density at radius 3 is 2.67 bits per heavy atom. The topological polar surface area (TPSA) is 98.7 Å². The molecule has 0 aliphatic rings. The molecule has 0 spiro atoms. The first-order chi connectivity index (χ1) is 8.56. The Morgan fingerprint density at radius 2 is 2.11 bits per heavy atom. The van der Waals surface area contributed by atoms with Crippen LogP contribution in [0.3, 0.4) is 0 Å². The van der Waals surface area contributed by atoms with E-state index >= 15 is 0 Å². The first kappa shape index (κ1) is 14.0. The average Bonchev–Trinajstić information content (AvgIpc) is 2.35. The number of carbonyl (C=O) groups excluding carboxylic acids is 1. The summed E-state index contributed by atoms with van der Waals surface area (Å²) >= 11 is 0.